The van der Waals surface area contributed by atoms with Gasteiger partial charge in [0.1, 0.15) is 17.9 Å². The van der Waals surface area contributed by atoms with Crippen LogP contribution < -0.4 is 5.73 Å². The first kappa shape index (κ1) is 19.9. The van der Waals surface area contributed by atoms with Gasteiger partial charge in [0.2, 0.25) is 0 Å². The van der Waals surface area contributed by atoms with Crippen LogP contribution >= 0.6 is 0 Å². The van der Waals surface area contributed by atoms with Crippen LogP contribution in [0.2, 0.25) is 18.1 Å². The number of carbonyl (C=O) groups excluding carboxylic acids is 1. The minimum absolute atomic E-state index is 0.0292. The normalized spacial score (nSPS) is 26.6. The van der Waals surface area contributed by atoms with Crippen molar-refractivity contribution in [2.45, 2.75) is 63.1 Å². The minimum atomic E-state index is -2.17. The maximum atomic E-state index is 11.9. The van der Waals surface area contributed by atoms with Gasteiger partial charge in [0.15, 0.2) is 26.0 Å². The van der Waals surface area contributed by atoms with Crippen LogP contribution in [0.5, 0.6) is 0 Å². The molecule has 0 radical (unpaired) electrons. The average Bonchev–Trinajstić information content (AvgIpc) is 3.16. The molecule has 0 aromatic carbocycles. The van der Waals surface area contributed by atoms with Crippen molar-refractivity contribution in [2.24, 2.45) is 0 Å². The van der Waals surface area contributed by atoms with Crippen LogP contribution in [-0.4, -0.2) is 52.6 Å². The van der Waals surface area contributed by atoms with E-state index in [4.69, 9.17) is 14.9 Å². The lowest BCUT2D eigenvalue weighted by Gasteiger charge is -2.41. The molecule has 0 amide bonds. The first-order chi connectivity index (χ1) is 12.5. The molecular weight excluding hydrogens is 364 g/mol. The topological polar surface area (TPSA) is 112 Å². The van der Waals surface area contributed by atoms with E-state index in [0.717, 1.165) is 5.69 Å². The molecule has 27 heavy (non-hydrogen) atoms. The van der Waals surface area contributed by atoms with Crippen LogP contribution in [0.4, 0.5) is 5.82 Å². The van der Waals surface area contributed by atoms with Crippen LogP contribution in [-0.2, 0) is 14.0 Å². The lowest BCUT2D eigenvalue weighted by molar-refractivity contribution is -0.145. The van der Waals surface area contributed by atoms with E-state index in [1.54, 1.807) is 4.52 Å². The number of nitrogens with two attached hydrogens (primary N) is 1. The van der Waals surface area contributed by atoms with Crippen molar-refractivity contribution in [1.29, 1.82) is 0 Å². The molecule has 3 unspecified atom stereocenters. The van der Waals surface area contributed by atoms with Gasteiger partial charge in [0, 0.05) is 6.42 Å². The number of hydrogen-bond acceptors (Lipinski definition) is 7. The smallest absolute Gasteiger partial charge is 0.192 e. The van der Waals surface area contributed by atoms with Gasteiger partial charge in [-0.1, -0.05) is 20.8 Å². The summed E-state index contributed by atoms with van der Waals surface area (Å²) in [6, 6.07) is 3.67. The first-order valence-electron chi connectivity index (χ1n) is 9.05. The molecule has 1 saturated heterocycles. The molecule has 3 N–H and O–H groups in total. The summed E-state index contributed by atoms with van der Waals surface area (Å²) in [6.07, 6.45) is 1.51. The number of rotatable bonds is 5. The van der Waals surface area contributed by atoms with Crippen molar-refractivity contribution in [3.05, 3.63) is 24.2 Å². The zero-order chi connectivity index (χ0) is 20.0. The van der Waals surface area contributed by atoms with Gasteiger partial charge in [-0.05, 0) is 30.3 Å². The van der Waals surface area contributed by atoms with Crippen molar-refractivity contribution >= 4 is 25.9 Å². The van der Waals surface area contributed by atoms with Crippen LogP contribution in [0.15, 0.2) is 18.5 Å². The number of fused-ring (bicyclic) bond motifs is 1. The average molecular weight is 393 g/mol. The standard InChI is InChI=1S/C18H28N4O4Si/c1-17(2,3)27(4,5)26-15-8-14(25-18(15,9-23)10-24)12-6-7-13-16(19)20-11-21-22(12)13/h6-7,9,11,14-15,24H,8,10H2,1-5H3,(H2,19,20,21). The number of aldehydes is 1. The highest BCUT2D eigenvalue weighted by Gasteiger charge is 2.53. The fourth-order valence-electron chi connectivity index (χ4n) is 3.14. The molecule has 148 valence electrons. The predicted octanol–water partition coefficient (Wildman–Crippen LogP) is 2.09. The molecule has 3 atom stereocenters. The third-order valence-corrected chi connectivity index (χ3v) is 10.4. The monoisotopic (exact) mass is 392 g/mol. The highest BCUT2D eigenvalue weighted by Crippen LogP contribution is 2.45. The third kappa shape index (κ3) is 3.29. The maximum absolute atomic E-state index is 11.9. The number of anilines is 1. The Bertz CT molecular complexity index is 847. The van der Waals surface area contributed by atoms with Gasteiger partial charge >= 0.3 is 0 Å². The minimum Gasteiger partial charge on any atom is -0.410 e. The number of ether oxygens (including phenoxy) is 1. The molecule has 0 bridgehead atoms. The van der Waals surface area contributed by atoms with E-state index < -0.39 is 32.7 Å². The van der Waals surface area contributed by atoms with Crippen LogP contribution in [0, 0.1) is 0 Å². The molecule has 2 aromatic rings. The fraction of sp³-hybridized carbons (Fsp3) is 0.611. The second-order valence-electron chi connectivity index (χ2n) is 8.64. The van der Waals surface area contributed by atoms with E-state index in [2.05, 4.69) is 43.9 Å². The Hall–Kier alpha value is -1.81. The third-order valence-electron chi connectivity index (χ3n) is 5.87. The summed E-state index contributed by atoms with van der Waals surface area (Å²) in [5.41, 5.74) is 5.94. The van der Waals surface area contributed by atoms with Gasteiger partial charge in [-0.25, -0.2) is 9.50 Å². The van der Waals surface area contributed by atoms with Crippen molar-refractivity contribution < 1.29 is 19.1 Å². The molecule has 2 aromatic heterocycles. The van der Waals surface area contributed by atoms with Gasteiger partial charge in [-0.3, -0.25) is 4.79 Å². The van der Waals surface area contributed by atoms with E-state index in [-0.39, 0.29) is 5.04 Å². The summed E-state index contributed by atoms with van der Waals surface area (Å²) in [4.78, 5) is 15.9. The molecule has 0 spiro atoms. The Morgan fingerprint density at radius 1 is 1.48 bits per heavy atom. The van der Waals surface area contributed by atoms with Gasteiger partial charge < -0.3 is 20.0 Å². The zero-order valence-electron chi connectivity index (χ0n) is 16.5. The molecule has 1 aliphatic rings. The highest BCUT2D eigenvalue weighted by molar-refractivity contribution is 6.74. The molecular formula is C18H28N4O4Si. The van der Waals surface area contributed by atoms with E-state index >= 15 is 0 Å². The maximum Gasteiger partial charge on any atom is 0.192 e. The first-order valence-corrected chi connectivity index (χ1v) is 12.0. The molecule has 3 rings (SSSR count). The van der Waals surface area contributed by atoms with Gasteiger partial charge in [0.25, 0.3) is 0 Å². The molecule has 9 heteroatoms. The Balaban J connectivity index is 1.96. The van der Waals surface area contributed by atoms with Gasteiger partial charge in [0.05, 0.1) is 18.4 Å². The van der Waals surface area contributed by atoms with Gasteiger partial charge in [-0.2, -0.15) is 5.10 Å². The van der Waals surface area contributed by atoms with Crippen molar-refractivity contribution in [1.82, 2.24) is 14.6 Å². The second kappa shape index (κ2) is 6.66. The number of nitrogens with zero attached hydrogens (tertiary/aromatic N) is 3. The van der Waals surface area contributed by atoms with Gasteiger partial charge in [-0.15, -0.1) is 0 Å². The Morgan fingerprint density at radius 3 is 2.78 bits per heavy atom. The fourth-order valence-corrected chi connectivity index (χ4v) is 4.50. The lowest BCUT2D eigenvalue weighted by atomic mass is 9.99. The van der Waals surface area contributed by atoms with E-state index in [1.807, 2.05) is 12.1 Å². The van der Waals surface area contributed by atoms with E-state index in [1.165, 1.54) is 6.33 Å². The molecule has 3 heterocycles. The molecule has 8 nitrogen and oxygen atoms in total. The number of hydrogen-bond donors (Lipinski definition) is 2. The Morgan fingerprint density at radius 2 is 2.19 bits per heavy atom. The van der Waals surface area contributed by atoms with Crippen molar-refractivity contribution in [2.75, 3.05) is 12.3 Å². The summed E-state index contributed by atoms with van der Waals surface area (Å²) >= 11 is 0. The van der Waals surface area contributed by atoms with Crippen LogP contribution in [0.3, 0.4) is 0 Å². The summed E-state index contributed by atoms with van der Waals surface area (Å²) in [6.45, 7) is 10.2. The molecule has 1 aliphatic heterocycles. The number of carbonyl (C=O) groups is 1. The quantitative estimate of drug-likeness (QED) is 0.592. The van der Waals surface area contributed by atoms with E-state index in [0.29, 0.717) is 24.0 Å². The SMILES string of the molecule is CC(C)(C)[Si](C)(C)OC1CC(c2ccc3c(N)ncnn23)OC1(C=O)CO. The Labute approximate surface area is 159 Å². The number of aliphatic hydroxyl groups is 1. The van der Waals surface area contributed by atoms with Crippen LogP contribution in [0.1, 0.15) is 39.0 Å². The molecule has 0 saturated carbocycles. The summed E-state index contributed by atoms with van der Waals surface area (Å²) in [7, 11) is -2.17. The van der Waals surface area contributed by atoms with E-state index in [9.17, 15) is 9.90 Å². The Kier molecular flexibility index (Phi) is 4.92. The van der Waals surface area contributed by atoms with Crippen molar-refractivity contribution in [3.63, 3.8) is 0 Å². The summed E-state index contributed by atoms with van der Waals surface area (Å²) < 4.78 is 14.2. The lowest BCUT2D eigenvalue weighted by Crippen LogP contribution is -2.53. The summed E-state index contributed by atoms with van der Waals surface area (Å²) in [5, 5.41) is 14.2. The molecule has 0 aliphatic carbocycles. The molecule has 1 fully saturated rings. The highest BCUT2D eigenvalue weighted by atomic mass is 28.4. The summed E-state index contributed by atoms with van der Waals surface area (Å²) in [5.74, 6) is 0.368. The predicted molar refractivity (Wildman–Crippen MR) is 104 cm³/mol. The number of aromatic nitrogens is 3. The van der Waals surface area contributed by atoms with Crippen molar-refractivity contribution in [3.8, 4) is 0 Å². The van der Waals surface area contributed by atoms with Crippen LogP contribution in [0.25, 0.3) is 5.52 Å². The largest absolute Gasteiger partial charge is 0.410 e. The number of aliphatic hydroxyl groups excluding tert-OH is 1. The zero-order valence-corrected chi connectivity index (χ0v) is 17.5. The second-order valence-corrected chi connectivity index (χ2v) is 13.4. The number of nitrogen functional groups attached to an aromatic ring is 1.